The van der Waals surface area contributed by atoms with E-state index in [1.807, 2.05) is 60.7 Å². The maximum Gasteiger partial charge on any atom is 0.496 e. The van der Waals surface area contributed by atoms with Crippen LogP contribution in [0, 0.1) is 0 Å². The van der Waals surface area contributed by atoms with Crippen molar-refractivity contribution < 1.29 is 23.4 Å². The molecule has 3 fully saturated rings. The summed E-state index contributed by atoms with van der Waals surface area (Å²) in [5.41, 5.74) is 1.98. The van der Waals surface area contributed by atoms with Crippen LogP contribution in [-0.2, 0) is 23.4 Å². The standard InChI is InChI=1S/C17H16B2O5/c1-3-7-12(8-4-1)18-20-11-14-15(22-18)16-17(21-14)24-19(23-16)13-9-5-2-6-10-13/h1-10,14-17H,11H2. The maximum absolute atomic E-state index is 6.14. The Morgan fingerprint density at radius 2 is 1.33 bits per heavy atom. The lowest BCUT2D eigenvalue weighted by atomic mass is 9.77. The molecule has 4 atom stereocenters. The van der Waals surface area contributed by atoms with Crippen LogP contribution in [0.4, 0.5) is 0 Å². The number of benzene rings is 2. The van der Waals surface area contributed by atoms with Gasteiger partial charge in [-0.3, -0.25) is 0 Å². The second-order valence-electron chi connectivity index (χ2n) is 6.20. The van der Waals surface area contributed by atoms with Crippen molar-refractivity contribution in [3.63, 3.8) is 0 Å². The van der Waals surface area contributed by atoms with Gasteiger partial charge in [0, 0.05) is 0 Å². The highest BCUT2D eigenvalue weighted by molar-refractivity contribution is 6.62. The molecule has 24 heavy (non-hydrogen) atoms. The molecule has 4 unspecified atom stereocenters. The van der Waals surface area contributed by atoms with Crippen LogP contribution in [0.15, 0.2) is 60.7 Å². The van der Waals surface area contributed by atoms with E-state index < -0.39 is 20.5 Å². The third-order valence-electron chi connectivity index (χ3n) is 4.64. The van der Waals surface area contributed by atoms with Crippen LogP contribution in [0.1, 0.15) is 0 Å². The number of ether oxygens (including phenoxy) is 1. The molecular formula is C17H16B2O5. The molecule has 0 radical (unpaired) electrons. The van der Waals surface area contributed by atoms with Crippen LogP contribution in [0.2, 0.25) is 0 Å². The first-order valence-electron chi connectivity index (χ1n) is 8.22. The first kappa shape index (κ1) is 14.7. The van der Waals surface area contributed by atoms with Gasteiger partial charge in [-0.25, -0.2) is 0 Å². The first-order valence-corrected chi connectivity index (χ1v) is 8.22. The number of hydrogen-bond acceptors (Lipinski definition) is 5. The van der Waals surface area contributed by atoms with Gasteiger partial charge in [0.1, 0.15) is 18.3 Å². The van der Waals surface area contributed by atoms with Crippen molar-refractivity contribution >= 4 is 25.2 Å². The fraction of sp³-hybridized carbons (Fsp3) is 0.294. The number of fused-ring (bicyclic) bond motifs is 3. The monoisotopic (exact) mass is 322 g/mol. The number of rotatable bonds is 2. The molecule has 0 bridgehead atoms. The van der Waals surface area contributed by atoms with E-state index in [2.05, 4.69) is 0 Å². The predicted molar refractivity (Wildman–Crippen MR) is 89.1 cm³/mol. The van der Waals surface area contributed by atoms with Crippen LogP contribution < -0.4 is 10.9 Å². The van der Waals surface area contributed by atoms with E-state index in [1.165, 1.54) is 0 Å². The Morgan fingerprint density at radius 3 is 2.04 bits per heavy atom. The fourth-order valence-electron chi connectivity index (χ4n) is 3.46. The Balaban J connectivity index is 1.33. The van der Waals surface area contributed by atoms with Gasteiger partial charge in [0.25, 0.3) is 0 Å². The summed E-state index contributed by atoms with van der Waals surface area (Å²) < 4.78 is 29.9. The molecule has 2 aromatic carbocycles. The minimum absolute atomic E-state index is 0.156. The summed E-state index contributed by atoms with van der Waals surface area (Å²) in [6.07, 6.45) is -1.00. The van der Waals surface area contributed by atoms with Crippen LogP contribution in [0.3, 0.4) is 0 Å². The van der Waals surface area contributed by atoms with Gasteiger partial charge in [0.05, 0.1) is 6.61 Å². The Morgan fingerprint density at radius 1 is 0.708 bits per heavy atom. The molecule has 2 aromatic rings. The van der Waals surface area contributed by atoms with Crippen LogP contribution in [0.5, 0.6) is 0 Å². The van der Waals surface area contributed by atoms with E-state index in [0.717, 1.165) is 10.9 Å². The topological polar surface area (TPSA) is 46.2 Å². The molecule has 120 valence electrons. The molecule has 0 amide bonds. The van der Waals surface area contributed by atoms with Gasteiger partial charge in [-0.1, -0.05) is 60.7 Å². The molecule has 3 aliphatic rings. The predicted octanol–water partition coefficient (Wildman–Crippen LogP) is 0.333. The Kier molecular flexibility index (Phi) is 3.69. The third kappa shape index (κ3) is 2.49. The summed E-state index contributed by atoms with van der Waals surface area (Å²) in [6.45, 7) is 0.472. The lowest BCUT2D eigenvalue weighted by Crippen LogP contribution is -2.53. The zero-order valence-corrected chi connectivity index (χ0v) is 13.0. The average molecular weight is 322 g/mol. The normalized spacial score (nSPS) is 31.8. The van der Waals surface area contributed by atoms with E-state index >= 15 is 0 Å². The van der Waals surface area contributed by atoms with Gasteiger partial charge in [0.2, 0.25) is 0 Å². The van der Waals surface area contributed by atoms with Crippen molar-refractivity contribution in [3.8, 4) is 0 Å². The van der Waals surface area contributed by atoms with Crippen molar-refractivity contribution in [2.45, 2.75) is 24.6 Å². The van der Waals surface area contributed by atoms with Crippen LogP contribution >= 0.6 is 0 Å². The van der Waals surface area contributed by atoms with Crippen molar-refractivity contribution in [1.29, 1.82) is 0 Å². The van der Waals surface area contributed by atoms with Gasteiger partial charge in [-0.05, 0) is 10.9 Å². The molecule has 0 aromatic heterocycles. The summed E-state index contributed by atoms with van der Waals surface area (Å²) in [7, 11) is -0.807. The van der Waals surface area contributed by atoms with Crippen molar-refractivity contribution in [1.82, 2.24) is 0 Å². The fourth-order valence-corrected chi connectivity index (χ4v) is 3.46. The summed E-state index contributed by atoms with van der Waals surface area (Å²) in [4.78, 5) is 0. The van der Waals surface area contributed by atoms with Gasteiger partial charge < -0.3 is 23.4 Å². The molecule has 3 saturated heterocycles. The second-order valence-corrected chi connectivity index (χ2v) is 6.20. The van der Waals surface area contributed by atoms with Crippen molar-refractivity contribution in [2.75, 3.05) is 6.61 Å². The molecule has 3 heterocycles. The molecule has 0 saturated carbocycles. The highest BCUT2D eigenvalue weighted by atomic mass is 16.8. The minimum atomic E-state index is -0.414. The minimum Gasteiger partial charge on any atom is -0.404 e. The van der Waals surface area contributed by atoms with Crippen LogP contribution in [0.25, 0.3) is 0 Å². The van der Waals surface area contributed by atoms with Gasteiger partial charge in [-0.2, -0.15) is 0 Å². The Hall–Kier alpha value is -1.63. The van der Waals surface area contributed by atoms with E-state index in [1.54, 1.807) is 0 Å². The average Bonchev–Trinajstić information content (AvgIpc) is 3.21. The Bertz CT molecular complexity index is 701. The molecule has 0 N–H and O–H groups in total. The molecule has 5 nitrogen and oxygen atoms in total. The summed E-state index contributed by atoms with van der Waals surface area (Å²) in [6, 6.07) is 19.8. The summed E-state index contributed by atoms with van der Waals surface area (Å²) in [5.74, 6) is 0. The van der Waals surface area contributed by atoms with E-state index in [0.29, 0.717) is 6.61 Å². The Labute approximate surface area is 141 Å². The molecule has 7 heteroatoms. The summed E-state index contributed by atoms with van der Waals surface area (Å²) >= 11 is 0. The molecule has 3 aliphatic heterocycles. The second kappa shape index (κ2) is 6.02. The van der Waals surface area contributed by atoms with E-state index in [-0.39, 0.29) is 18.3 Å². The smallest absolute Gasteiger partial charge is 0.404 e. The largest absolute Gasteiger partial charge is 0.496 e. The van der Waals surface area contributed by atoms with E-state index in [9.17, 15) is 0 Å². The van der Waals surface area contributed by atoms with Crippen molar-refractivity contribution in [3.05, 3.63) is 60.7 Å². The lowest BCUT2D eigenvalue weighted by Gasteiger charge is -2.31. The molecular weight excluding hydrogens is 306 g/mol. The molecule has 0 aliphatic carbocycles. The summed E-state index contributed by atoms with van der Waals surface area (Å²) in [5, 5.41) is 0. The quantitative estimate of drug-likeness (QED) is 0.746. The third-order valence-corrected chi connectivity index (χ3v) is 4.64. The SMILES string of the molecule is c1ccc(B2OCC3OC4OB(c5ccccc5)OC4C3O2)cc1. The molecule has 5 rings (SSSR count). The maximum atomic E-state index is 6.14. The van der Waals surface area contributed by atoms with E-state index in [4.69, 9.17) is 23.4 Å². The zero-order valence-electron chi connectivity index (χ0n) is 13.0. The van der Waals surface area contributed by atoms with Gasteiger partial charge in [-0.15, -0.1) is 0 Å². The highest BCUT2D eigenvalue weighted by Gasteiger charge is 2.57. The first-order chi connectivity index (χ1) is 11.9. The molecule has 0 spiro atoms. The van der Waals surface area contributed by atoms with Crippen LogP contribution in [-0.4, -0.2) is 45.4 Å². The highest BCUT2D eigenvalue weighted by Crippen LogP contribution is 2.35. The lowest BCUT2D eigenvalue weighted by molar-refractivity contribution is -0.0989. The van der Waals surface area contributed by atoms with Gasteiger partial charge in [0.15, 0.2) is 6.29 Å². The zero-order chi connectivity index (χ0) is 15.9. The number of hydrogen-bond donors (Lipinski definition) is 0. The van der Waals surface area contributed by atoms with Crippen molar-refractivity contribution in [2.24, 2.45) is 0 Å². The van der Waals surface area contributed by atoms with Gasteiger partial charge >= 0.3 is 14.2 Å².